The molecule has 1 aliphatic rings. The highest BCUT2D eigenvalue weighted by Gasteiger charge is 2.21. The number of aldehydes is 1. The van der Waals surface area contributed by atoms with Crippen LogP contribution in [0.1, 0.15) is 32.1 Å². The van der Waals surface area contributed by atoms with Crippen LogP contribution < -0.4 is 10.1 Å². The van der Waals surface area contributed by atoms with Crippen LogP contribution in [0, 0.1) is 5.92 Å². The van der Waals surface area contributed by atoms with E-state index < -0.39 is 9.84 Å². The van der Waals surface area contributed by atoms with Gasteiger partial charge in [0, 0.05) is 36.0 Å². The number of aromatic nitrogens is 3. The first-order valence-electron chi connectivity index (χ1n) is 10.9. The van der Waals surface area contributed by atoms with E-state index in [9.17, 15) is 13.2 Å². The van der Waals surface area contributed by atoms with Gasteiger partial charge in [-0.25, -0.2) is 13.4 Å². The number of hydrogen-bond acceptors (Lipinski definition) is 7. The third-order valence-corrected chi connectivity index (χ3v) is 6.83. The van der Waals surface area contributed by atoms with Crippen LogP contribution in [-0.2, 0) is 14.6 Å². The van der Waals surface area contributed by atoms with Gasteiger partial charge in [-0.2, -0.15) is 4.98 Å². The number of carbonyl (C=O) groups is 1. The lowest BCUT2D eigenvalue weighted by molar-refractivity contribution is -0.111. The van der Waals surface area contributed by atoms with Crippen LogP contribution in [0.15, 0.2) is 42.7 Å². The average Bonchev–Trinajstić information content (AvgIpc) is 3.22. The van der Waals surface area contributed by atoms with E-state index in [1.807, 2.05) is 41.1 Å². The van der Waals surface area contributed by atoms with Gasteiger partial charge in [-0.05, 0) is 56.4 Å². The molecule has 3 aromatic rings. The molecule has 1 N–H and O–H groups in total. The Balaban J connectivity index is 1.48. The average molecular weight is 457 g/mol. The number of nitrogens with zero attached hydrogens (tertiary/aromatic N) is 3. The molecular weight excluding hydrogens is 428 g/mol. The van der Waals surface area contributed by atoms with E-state index in [1.165, 1.54) is 6.26 Å². The largest absolute Gasteiger partial charge is 0.493 e. The van der Waals surface area contributed by atoms with Gasteiger partial charge in [0.05, 0.1) is 17.9 Å². The Labute approximate surface area is 187 Å². The van der Waals surface area contributed by atoms with Gasteiger partial charge in [-0.15, -0.1) is 0 Å². The molecule has 0 amide bonds. The minimum Gasteiger partial charge on any atom is -0.493 e. The molecule has 32 heavy (non-hydrogen) atoms. The number of rotatable bonds is 9. The Morgan fingerprint density at radius 1 is 1.19 bits per heavy atom. The van der Waals surface area contributed by atoms with Gasteiger partial charge >= 0.3 is 0 Å². The maximum absolute atomic E-state index is 11.3. The number of benzene rings is 1. The van der Waals surface area contributed by atoms with Crippen molar-refractivity contribution in [3.8, 4) is 11.6 Å². The second kappa shape index (κ2) is 9.68. The number of sulfone groups is 1. The lowest BCUT2D eigenvalue weighted by Crippen LogP contribution is -2.27. The predicted octanol–water partition coefficient (Wildman–Crippen LogP) is 3.40. The maximum Gasteiger partial charge on any atom is 0.224 e. The first-order valence-corrected chi connectivity index (χ1v) is 12.9. The normalized spacial score (nSPS) is 19.0. The Hall–Kier alpha value is -2.94. The van der Waals surface area contributed by atoms with E-state index in [-0.39, 0.29) is 17.7 Å². The minimum absolute atomic E-state index is 0.109. The van der Waals surface area contributed by atoms with E-state index in [2.05, 4.69) is 10.3 Å². The van der Waals surface area contributed by atoms with Crippen molar-refractivity contribution in [2.45, 2.75) is 38.1 Å². The van der Waals surface area contributed by atoms with Gasteiger partial charge in [0.15, 0.2) is 0 Å². The maximum atomic E-state index is 11.3. The highest BCUT2D eigenvalue weighted by atomic mass is 32.2. The van der Waals surface area contributed by atoms with E-state index in [1.54, 1.807) is 6.20 Å². The molecule has 1 fully saturated rings. The van der Waals surface area contributed by atoms with Crippen LogP contribution in [0.3, 0.4) is 0 Å². The molecule has 0 unspecified atom stereocenters. The van der Waals surface area contributed by atoms with Crippen molar-refractivity contribution >= 4 is 33.0 Å². The molecule has 170 valence electrons. The molecule has 9 heteroatoms. The summed E-state index contributed by atoms with van der Waals surface area (Å²) in [5, 5.41) is 4.35. The van der Waals surface area contributed by atoms with Crippen molar-refractivity contribution < 1.29 is 17.9 Å². The fourth-order valence-corrected chi connectivity index (χ4v) is 4.75. The summed E-state index contributed by atoms with van der Waals surface area (Å²) in [6.45, 7) is 0.339. The number of carbonyl (C=O) groups excluding carboxylic acids is 1. The molecule has 8 nitrogen and oxygen atoms in total. The number of nitrogens with one attached hydrogen (secondary N) is 1. The summed E-state index contributed by atoms with van der Waals surface area (Å²) in [5.74, 6) is 2.32. The van der Waals surface area contributed by atoms with Gasteiger partial charge in [0.25, 0.3) is 0 Å². The van der Waals surface area contributed by atoms with Crippen molar-refractivity contribution in [1.29, 1.82) is 0 Å². The smallest absolute Gasteiger partial charge is 0.224 e. The molecule has 0 bridgehead atoms. The SMILES string of the molecule is CS(=O)(=O)CCCOc1cccc2c1ccn2-c1ccnc(NC2CCC(C=O)CC2)n1. The molecule has 0 radical (unpaired) electrons. The summed E-state index contributed by atoms with van der Waals surface area (Å²) in [6.07, 6.45) is 10.1. The summed E-state index contributed by atoms with van der Waals surface area (Å²) in [7, 11) is -2.99. The molecule has 0 spiro atoms. The van der Waals surface area contributed by atoms with Crippen LogP contribution in [0.5, 0.6) is 5.75 Å². The standard InChI is InChI=1S/C23H28N4O4S/c1-32(29,30)15-3-14-31-21-5-2-4-20-19(21)11-13-27(20)22-10-12-24-23(26-22)25-18-8-6-17(16-28)7-9-18/h2,4-5,10-13,16-18H,3,6-9,14-15H2,1H3,(H,24,25,26). The van der Waals surface area contributed by atoms with Gasteiger partial charge in [0.1, 0.15) is 27.7 Å². The topological polar surface area (TPSA) is 103 Å². The zero-order valence-corrected chi connectivity index (χ0v) is 18.9. The fourth-order valence-electron chi connectivity index (χ4n) is 4.10. The van der Waals surface area contributed by atoms with Crippen LogP contribution in [0.4, 0.5) is 5.95 Å². The molecular formula is C23H28N4O4S. The Morgan fingerprint density at radius 3 is 2.75 bits per heavy atom. The zero-order valence-electron chi connectivity index (χ0n) is 18.1. The summed E-state index contributed by atoms with van der Waals surface area (Å²) in [5.41, 5.74) is 0.946. The first kappa shape index (κ1) is 22.3. The highest BCUT2D eigenvalue weighted by Crippen LogP contribution is 2.29. The summed E-state index contributed by atoms with van der Waals surface area (Å²) < 4.78 is 30.5. The van der Waals surface area contributed by atoms with Crippen molar-refractivity contribution in [1.82, 2.24) is 14.5 Å². The van der Waals surface area contributed by atoms with Gasteiger partial charge in [-0.1, -0.05) is 6.07 Å². The summed E-state index contributed by atoms with van der Waals surface area (Å²) in [4.78, 5) is 20.0. The second-order valence-electron chi connectivity index (χ2n) is 8.34. The molecule has 0 atom stereocenters. The Morgan fingerprint density at radius 2 is 2.00 bits per heavy atom. The highest BCUT2D eigenvalue weighted by molar-refractivity contribution is 7.90. The lowest BCUT2D eigenvalue weighted by Gasteiger charge is -2.26. The molecule has 0 saturated heterocycles. The number of hydrogen-bond donors (Lipinski definition) is 1. The quantitative estimate of drug-likeness (QED) is 0.389. The monoisotopic (exact) mass is 456 g/mol. The summed E-state index contributed by atoms with van der Waals surface area (Å²) in [6, 6.07) is 9.89. The van der Waals surface area contributed by atoms with Crippen molar-refractivity contribution in [3.63, 3.8) is 0 Å². The van der Waals surface area contributed by atoms with Gasteiger partial charge < -0.3 is 19.4 Å². The lowest BCUT2D eigenvalue weighted by atomic mass is 9.87. The van der Waals surface area contributed by atoms with Gasteiger partial charge in [-0.3, -0.25) is 0 Å². The van der Waals surface area contributed by atoms with Crippen molar-refractivity contribution in [2.24, 2.45) is 5.92 Å². The van der Waals surface area contributed by atoms with Crippen LogP contribution in [0.25, 0.3) is 16.7 Å². The van der Waals surface area contributed by atoms with E-state index in [0.717, 1.165) is 48.7 Å². The first-order chi connectivity index (χ1) is 15.4. The van der Waals surface area contributed by atoms with Crippen LogP contribution >= 0.6 is 0 Å². The third-order valence-electron chi connectivity index (χ3n) is 5.80. The summed E-state index contributed by atoms with van der Waals surface area (Å²) >= 11 is 0. The molecule has 1 aromatic carbocycles. The second-order valence-corrected chi connectivity index (χ2v) is 10.6. The Bertz CT molecular complexity index is 1180. The van der Waals surface area contributed by atoms with Gasteiger partial charge in [0.2, 0.25) is 5.95 Å². The van der Waals surface area contributed by atoms with Crippen LogP contribution in [-0.4, -0.2) is 53.9 Å². The molecule has 2 heterocycles. The number of anilines is 1. The molecule has 0 aliphatic heterocycles. The number of fused-ring (bicyclic) bond motifs is 1. The zero-order chi connectivity index (χ0) is 22.6. The number of ether oxygens (including phenoxy) is 1. The minimum atomic E-state index is -2.99. The van der Waals surface area contributed by atoms with E-state index >= 15 is 0 Å². The van der Waals surface area contributed by atoms with Crippen molar-refractivity contribution in [3.05, 3.63) is 42.7 Å². The fraction of sp³-hybridized carbons (Fsp3) is 0.435. The molecule has 4 rings (SSSR count). The molecule has 1 aliphatic carbocycles. The van der Waals surface area contributed by atoms with E-state index in [0.29, 0.717) is 24.7 Å². The molecule has 2 aromatic heterocycles. The third kappa shape index (κ3) is 5.45. The van der Waals surface area contributed by atoms with Crippen LogP contribution in [0.2, 0.25) is 0 Å². The van der Waals surface area contributed by atoms with E-state index in [4.69, 9.17) is 9.72 Å². The molecule has 1 saturated carbocycles. The van der Waals surface area contributed by atoms with Crippen molar-refractivity contribution in [2.75, 3.05) is 23.9 Å². The Kier molecular flexibility index (Phi) is 6.74. The predicted molar refractivity (Wildman–Crippen MR) is 124 cm³/mol.